The molecule has 0 radical (unpaired) electrons. The van der Waals surface area contributed by atoms with Gasteiger partial charge in [0.2, 0.25) is 11.8 Å². The highest BCUT2D eigenvalue weighted by Crippen LogP contribution is 2.10. The Kier molecular flexibility index (Phi) is 6.55. The molecule has 0 atom stereocenters. The maximum Gasteiger partial charge on any atom is 0.261 e. The van der Waals surface area contributed by atoms with Gasteiger partial charge in [0.15, 0.2) is 0 Å². The summed E-state index contributed by atoms with van der Waals surface area (Å²) in [6, 6.07) is 12.7. The van der Waals surface area contributed by atoms with E-state index in [0.29, 0.717) is 42.8 Å². The summed E-state index contributed by atoms with van der Waals surface area (Å²) in [5, 5.41) is 3.28. The van der Waals surface area contributed by atoms with Gasteiger partial charge in [-0.1, -0.05) is 12.1 Å². The quantitative estimate of drug-likeness (QED) is 0.635. The Hall–Kier alpha value is -3.59. The normalized spacial score (nSPS) is 14.5. The Morgan fingerprint density at radius 3 is 2.47 bits per heavy atom. The SMILES string of the molecule is O=C(CN1CCN(C(=O)CCn2cnc3ccccc3c2=O)CC1)Nc1ccc(F)cc1. The third-order valence-electron chi connectivity index (χ3n) is 5.52. The number of fused-ring (bicyclic) bond motifs is 1. The summed E-state index contributed by atoms with van der Waals surface area (Å²) in [6.45, 7) is 2.69. The Morgan fingerprint density at radius 1 is 1.00 bits per heavy atom. The molecule has 1 aliphatic rings. The van der Waals surface area contributed by atoms with Gasteiger partial charge in [-0.2, -0.15) is 0 Å². The number of hydrogen-bond donors (Lipinski definition) is 1. The highest BCUT2D eigenvalue weighted by atomic mass is 19.1. The van der Waals surface area contributed by atoms with Crippen LogP contribution in [0.15, 0.2) is 59.7 Å². The van der Waals surface area contributed by atoms with Crippen LogP contribution in [0.25, 0.3) is 10.9 Å². The van der Waals surface area contributed by atoms with Crippen LogP contribution in [0.3, 0.4) is 0 Å². The maximum absolute atomic E-state index is 13.0. The molecule has 1 saturated heterocycles. The molecule has 1 aliphatic heterocycles. The van der Waals surface area contributed by atoms with Gasteiger partial charge in [-0.05, 0) is 36.4 Å². The summed E-state index contributed by atoms with van der Waals surface area (Å²) in [5.41, 5.74) is 1.03. The fourth-order valence-corrected chi connectivity index (χ4v) is 3.73. The van der Waals surface area contributed by atoms with E-state index in [0.717, 1.165) is 0 Å². The highest BCUT2D eigenvalue weighted by Gasteiger charge is 2.22. The number of benzene rings is 2. The lowest BCUT2D eigenvalue weighted by Gasteiger charge is -2.34. The van der Waals surface area contributed by atoms with Gasteiger partial charge >= 0.3 is 0 Å². The largest absolute Gasteiger partial charge is 0.340 e. The Balaban J connectivity index is 1.24. The summed E-state index contributed by atoms with van der Waals surface area (Å²) >= 11 is 0. The zero-order chi connectivity index (χ0) is 22.5. The first-order valence-electron chi connectivity index (χ1n) is 10.5. The van der Waals surface area contributed by atoms with Crippen LogP contribution in [-0.4, -0.2) is 63.9 Å². The van der Waals surface area contributed by atoms with Gasteiger partial charge in [0, 0.05) is 44.8 Å². The topological polar surface area (TPSA) is 87.5 Å². The molecule has 2 amide bonds. The number of carbonyl (C=O) groups excluding carboxylic acids is 2. The van der Waals surface area contributed by atoms with Gasteiger partial charge in [0.1, 0.15) is 5.82 Å². The lowest BCUT2D eigenvalue weighted by Crippen LogP contribution is -2.50. The number of amides is 2. The van der Waals surface area contributed by atoms with Crippen LogP contribution in [0.1, 0.15) is 6.42 Å². The van der Waals surface area contributed by atoms with Crippen LogP contribution < -0.4 is 10.9 Å². The van der Waals surface area contributed by atoms with Crippen molar-refractivity contribution in [3.05, 3.63) is 71.0 Å². The van der Waals surface area contributed by atoms with E-state index >= 15 is 0 Å². The van der Waals surface area contributed by atoms with E-state index in [1.807, 2.05) is 11.0 Å². The molecular weight excluding hydrogens is 413 g/mol. The van der Waals surface area contributed by atoms with Crippen LogP contribution in [0.2, 0.25) is 0 Å². The molecule has 4 rings (SSSR count). The molecule has 9 heteroatoms. The van der Waals surface area contributed by atoms with E-state index in [9.17, 15) is 18.8 Å². The van der Waals surface area contributed by atoms with E-state index in [2.05, 4.69) is 10.3 Å². The number of nitrogens with one attached hydrogen (secondary N) is 1. The predicted molar refractivity (Wildman–Crippen MR) is 119 cm³/mol. The van der Waals surface area contributed by atoms with Gasteiger partial charge < -0.3 is 10.2 Å². The predicted octanol–water partition coefficient (Wildman–Crippen LogP) is 1.71. The van der Waals surface area contributed by atoms with Gasteiger partial charge in [0.25, 0.3) is 5.56 Å². The average molecular weight is 437 g/mol. The number of piperazine rings is 1. The maximum atomic E-state index is 13.0. The third kappa shape index (κ3) is 5.17. The van der Waals surface area contributed by atoms with Crippen LogP contribution in [-0.2, 0) is 16.1 Å². The lowest BCUT2D eigenvalue weighted by molar-refractivity contribution is -0.133. The van der Waals surface area contributed by atoms with Crippen molar-refractivity contribution in [2.24, 2.45) is 0 Å². The van der Waals surface area contributed by atoms with E-state index < -0.39 is 0 Å². The first kappa shape index (κ1) is 21.6. The molecule has 1 aromatic heterocycles. The third-order valence-corrected chi connectivity index (χ3v) is 5.52. The number of nitrogens with zero attached hydrogens (tertiary/aromatic N) is 4. The van der Waals surface area contributed by atoms with Gasteiger partial charge in [-0.25, -0.2) is 9.37 Å². The van der Waals surface area contributed by atoms with Crippen molar-refractivity contribution in [1.82, 2.24) is 19.4 Å². The molecule has 0 spiro atoms. The highest BCUT2D eigenvalue weighted by molar-refractivity contribution is 5.92. The summed E-state index contributed by atoms with van der Waals surface area (Å²) < 4.78 is 14.4. The minimum absolute atomic E-state index is 0.0273. The number of carbonyl (C=O) groups is 2. The fourth-order valence-electron chi connectivity index (χ4n) is 3.73. The van der Waals surface area contributed by atoms with Crippen molar-refractivity contribution in [3.63, 3.8) is 0 Å². The summed E-state index contributed by atoms with van der Waals surface area (Å²) in [4.78, 5) is 45.4. The zero-order valence-electron chi connectivity index (χ0n) is 17.5. The average Bonchev–Trinajstić information content (AvgIpc) is 2.80. The first-order chi connectivity index (χ1) is 15.5. The number of anilines is 1. The molecule has 0 saturated carbocycles. The van der Waals surface area contributed by atoms with E-state index in [1.165, 1.54) is 35.2 Å². The van der Waals surface area contributed by atoms with Gasteiger partial charge in [-0.15, -0.1) is 0 Å². The Bertz CT molecular complexity index is 1170. The van der Waals surface area contributed by atoms with E-state index in [4.69, 9.17) is 0 Å². The van der Waals surface area contributed by atoms with Crippen LogP contribution >= 0.6 is 0 Å². The monoisotopic (exact) mass is 437 g/mol. The van der Waals surface area contributed by atoms with Gasteiger partial charge in [-0.3, -0.25) is 23.9 Å². The smallest absolute Gasteiger partial charge is 0.261 e. The summed E-state index contributed by atoms with van der Waals surface area (Å²) in [5.74, 6) is -0.564. The Morgan fingerprint density at radius 2 is 1.72 bits per heavy atom. The fraction of sp³-hybridized carbons (Fsp3) is 0.304. The molecule has 2 aromatic carbocycles. The molecule has 0 unspecified atom stereocenters. The second-order valence-corrected chi connectivity index (χ2v) is 7.72. The van der Waals surface area contributed by atoms with Crippen LogP contribution in [0.5, 0.6) is 0 Å². The molecular formula is C23H24FN5O3. The molecule has 2 heterocycles. The zero-order valence-corrected chi connectivity index (χ0v) is 17.5. The van der Waals surface area contributed by atoms with E-state index in [-0.39, 0.29) is 42.7 Å². The standard InChI is InChI=1S/C23H24FN5O3/c24-17-5-7-18(8-6-17)26-21(30)15-27-11-13-28(14-12-27)22(31)9-10-29-16-25-20-4-2-1-3-19(20)23(29)32/h1-8,16H,9-15H2,(H,26,30). The molecule has 166 valence electrons. The summed E-state index contributed by atoms with van der Waals surface area (Å²) in [7, 11) is 0. The van der Waals surface area contributed by atoms with Crippen molar-refractivity contribution in [2.75, 3.05) is 38.0 Å². The van der Waals surface area contributed by atoms with Crippen LogP contribution in [0.4, 0.5) is 10.1 Å². The molecule has 3 aromatic rings. The minimum atomic E-state index is -0.356. The lowest BCUT2D eigenvalue weighted by atomic mass is 10.2. The number of rotatable bonds is 6. The second kappa shape index (κ2) is 9.69. The van der Waals surface area contributed by atoms with Crippen molar-refractivity contribution >= 4 is 28.4 Å². The number of halogens is 1. The summed E-state index contributed by atoms with van der Waals surface area (Å²) in [6.07, 6.45) is 1.70. The van der Waals surface area contributed by atoms with Crippen LogP contribution in [0, 0.1) is 5.82 Å². The number of aromatic nitrogens is 2. The van der Waals surface area contributed by atoms with E-state index in [1.54, 1.807) is 23.1 Å². The minimum Gasteiger partial charge on any atom is -0.340 e. The molecule has 32 heavy (non-hydrogen) atoms. The van der Waals surface area contributed by atoms with Crippen molar-refractivity contribution in [3.8, 4) is 0 Å². The molecule has 0 aliphatic carbocycles. The molecule has 1 fully saturated rings. The van der Waals surface area contributed by atoms with Crippen molar-refractivity contribution in [2.45, 2.75) is 13.0 Å². The molecule has 0 bridgehead atoms. The second-order valence-electron chi connectivity index (χ2n) is 7.72. The first-order valence-corrected chi connectivity index (χ1v) is 10.5. The van der Waals surface area contributed by atoms with Gasteiger partial charge in [0.05, 0.1) is 23.8 Å². The molecule has 8 nitrogen and oxygen atoms in total. The number of para-hydroxylation sites is 1. The van der Waals surface area contributed by atoms with Crippen molar-refractivity contribution in [1.29, 1.82) is 0 Å². The number of hydrogen-bond acceptors (Lipinski definition) is 5. The molecule has 1 N–H and O–H groups in total. The van der Waals surface area contributed by atoms with Crippen molar-refractivity contribution < 1.29 is 14.0 Å². The number of aryl methyl sites for hydroxylation is 1. The Labute approximate surface area is 184 Å².